The number of nitrogens with one attached hydrogen (secondary N) is 1. The van der Waals surface area contributed by atoms with E-state index in [2.05, 4.69) is 10.3 Å². The molecule has 82 valence electrons. The highest BCUT2D eigenvalue weighted by Crippen LogP contribution is 2.13. The normalized spacial score (nSPS) is 11.2. The minimum Gasteiger partial charge on any atom is -0.352 e. The Hall–Kier alpha value is -1.09. The van der Waals surface area contributed by atoms with Crippen molar-refractivity contribution in [1.29, 1.82) is 0 Å². The maximum atomic E-state index is 11.5. The van der Waals surface area contributed by atoms with Crippen LogP contribution in [0, 0.1) is 5.41 Å². The molecule has 0 unspecified atom stereocenters. The first-order valence-electron chi connectivity index (χ1n) is 4.78. The van der Waals surface area contributed by atoms with Gasteiger partial charge in [0.1, 0.15) is 5.15 Å². The lowest BCUT2D eigenvalue weighted by molar-refractivity contribution is -0.128. The average molecular weight is 227 g/mol. The SMILES string of the molecule is CC(C)(C)C(=O)NCc1ccc(Cl)nc1. The van der Waals surface area contributed by atoms with E-state index in [1.165, 1.54) is 0 Å². The minimum atomic E-state index is -0.361. The molecule has 0 aliphatic heterocycles. The standard InChI is InChI=1S/C11H15ClN2O/c1-11(2,3)10(15)14-7-8-4-5-9(12)13-6-8/h4-6H,7H2,1-3H3,(H,14,15). The Morgan fingerprint density at radius 1 is 1.47 bits per heavy atom. The van der Waals surface area contributed by atoms with Crippen LogP contribution in [0.15, 0.2) is 18.3 Å². The molecular formula is C11H15ClN2O. The number of aromatic nitrogens is 1. The summed E-state index contributed by atoms with van der Waals surface area (Å²) in [5.41, 5.74) is 0.580. The number of nitrogens with zero attached hydrogens (tertiary/aromatic N) is 1. The first kappa shape index (κ1) is 12.0. The van der Waals surface area contributed by atoms with E-state index in [1.807, 2.05) is 26.8 Å². The first-order valence-corrected chi connectivity index (χ1v) is 5.16. The molecule has 1 aromatic rings. The number of rotatable bonds is 2. The zero-order chi connectivity index (χ0) is 11.5. The predicted octanol–water partition coefficient (Wildman–Crippen LogP) is 2.40. The van der Waals surface area contributed by atoms with E-state index in [-0.39, 0.29) is 11.3 Å². The highest BCUT2D eigenvalue weighted by molar-refractivity contribution is 6.29. The Morgan fingerprint density at radius 2 is 2.13 bits per heavy atom. The van der Waals surface area contributed by atoms with E-state index in [4.69, 9.17) is 11.6 Å². The second kappa shape index (κ2) is 4.62. The van der Waals surface area contributed by atoms with Crippen molar-refractivity contribution >= 4 is 17.5 Å². The van der Waals surface area contributed by atoms with Crippen molar-refractivity contribution in [3.8, 4) is 0 Å². The Morgan fingerprint density at radius 3 is 2.60 bits per heavy atom. The van der Waals surface area contributed by atoms with Crippen LogP contribution < -0.4 is 5.32 Å². The van der Waals surface area contributed by atoms with Gasteiger partial charge in [0.15, 0.2) is 0 Å². The van der Waals surface area contributed by atoms with Crippen molar-refractivity contribution < 1.29 is 4.79 Å². The van der Waals surface area contributed by atoms with Gasteiger partial charge in [-0.2, -0.15) is 0 Å². The van der Waals surface area contributed by atoms with Gasteiger partial charge in [0.25, 0.3) is 0 Å². The molecule has 0 bridgehead atoms. The third-order valence-corrected chi connectivity index (χ3v) is 2.15. The molecule has 0 radical (unpaired) electrons. The summed E-state index contributed by atoms with van der Waals surface area (Å²) in [6.45, 7) is 6.12. The van der Waals surface area contributed by atoms with Crippen molar-refractivity contribution in [3.05, 3.63) is 29.0 Å². The second-order valence-corrected chi connectivity index (χ2v) is 4.81. The molecule has 0 aliphatic rings. The largest absolute Gasteiger partial charge is 0.352 e. The lowest BCUT2D eigenvalue weighted by atomic mass is 9.96. The van der Waals surface area contributed by atoms with Gasteiger partial charge < -0.3 is 5.32 Å². The van der Waals surface area contributed by atoms with Gasteiger partial charge in [0, 0.05) is 18.2 Å². The molecule has 4 heteroatoms. The third-order valence-electron chi connectivity index (χ3n) is 1.92. The predicted molar refractivity (Wildman–Crippen MR) is 60.5 cm³/mol. The highest BCUT2D eigenvalue weighted by Gasteiger charge is 2.20. The van der Waals surface area contributed by atoms with Gasteiger partial charge in [-0.1, -0.05) is 38.4 Å². The fourth-order valence-corrected chi connectivity index (χ4v) is 1.07. The molecule has 1 aromatic heterocycles. The van der Waals surface area contributed by atoms with Gasteiger partial charge in [0.05, 0.1) is 0 Å². The topological polar surface area (TPSA) is 42.0 Å². The smallest absolute Gasteiger partial charge is 0.225 e. The molecule has 0 saturated heterocycles. The fourth-order valence-electron chi connectivity index (χ4n) is 0.959. The number of carbonyl (C=O) groups excluding carboxylic acids is 1. The maximum Gasteiger partial charge on any atom is 0.225 e. The summed E-state index contributed by atoms with van der Waals surface area (Å²) in [5, 5.41) is 3.30. The summed E-state index contributed by atoms with van der Waals surface area (Å²) in [4.78, 5) is 15.5. The van der Waals surface area contributed by atoms with Crippen molar-refractivity contribution in [1.82, 2.24) is 10.3 Å². The summed E-state index contributed by atoms with van der Waals surface area (Å²) in [5.74, 6) is 0.0254. The zero-order valence-corrected chi connectivity index (χ0v) is 9.93. The molecule has 0 saturated carbocycles. The number of hydrogen-bond donors (Lipinski definition) is 1. The number of carbonyl (C=O) groups is 1. The maximum absolute atomic E-state index is 11.5. The molecule has 3 nitrogen and oxygen atoms in total. The quantitative estimate of drug-likeness (QED) is 0.787. The molecule has 0 fully saturated rings. The Kier molecular flexibility index (Phi) is 3.69. The van der Waals surface area contributed by atoms with E-state index in [1.54, 1.807) is 12.3 Å². The number of amides is 1. The van der Waals surface area contributed by atoms with Gasteiger partial charge in [-0.3, -0.25) is 4.79 Å². The van der Waals surface area contributed by atoms with E-state index in [0.717, 1.165) is 5.56 Å². The molecule has 1 rings (SSSR count). The molecule has 0 aliphatic carbocycles. The van der Waals surface area contributed by atoms with Crippen LogP contribution in [0.5, 0.6) is 0 Å². The first-order chi connectivity index (χ1) is 6.89. The van der Waals surface area contributed by atoms with E-state index >= 15 is 0 Å². The van der Waals surface area contributed by atoms with Gasteiger partial charge in [-0.15, -0.1) is 0 Å². The molecule has 0 spiro atoms. The Bertz CT molecular complexity index is 341. The Labute approximate surface area is 94.9 Å². The lowest BCUT2D eigenvalue weighted by Crippen LogP contribution is -2.34. The van der Waals surface area contributed by atoms with Gasteiger partial charge >= 0.3 is 0 Å². The number of hydrogen-bond acceptors (Lipinski definition) is 2. The summed E-state index contributed by atoms with van der Waals surface area (Å²) >= 11 is 5.65. The van der Waals surface area contributed by atoms with Crippen LogP contribution in [0.4, 0.5) is 0 Å². The number of pyridine rings is 1. The zero-order valence-electron chi connectivity index (χ0n) is 9.17. The van der Waals surface area contributed by atoms with E-state index < -0.39 is 0 Å². The molecule has 1 heterocycles. The van der Waals surface area contributed by atoms with Crippen LogP contribution in [0.25, 0.3) is 0 Å². The van der Waals surface area contributed by atoms with Gasteiger partial charge in [-0.05, 0) is 11.6 Å². The third kappa shape index (κ3) is 3.88. The lowest BCUT2D eigenvalue weighted by Gasteiger charge is -2.17. The molecule has 0 aromatic carbocycles. The Balaban J connectivity index is 2.51. The van der Waals surface area contributed by atoms with Gasteiger partial charge in [0.2, 0.25) is 5.91 Å². The second-order valence-electron chi connectivity index (χ2n) is 4.42. The van der Waals surface area contributed by atoms with Crippen LogP contribution in [0.3, 0.4) is 0 Å². The van der Waals surface area contributed by atoms with E-state index in [0.29, 0.717) is 11.7 Å². The van der Waals surface area contributed by atoms with Crippen LogP contribution in [0.2, 0.25) is 5.15 Å². The van der Waals surface area contributed by atoms with Crippen LogP contribution in [-0.4, -0.2) is 10.9 Å². The molecule has 15 heavy (non-hydrogen) atoms. The summed E-state index contributed by atoms with van der Waals surface area (Å²) in [7, 11) is 0. The summed E-state index contributed by atoms with van der Waals surface area (Å²) < 4.78 is 0. The monoisotopic (exact) mass is 226 g/mol. The molecule has 1 N–H and O–H groups in total. The average Bonchev–Trinajstić information content (AvgIpc) is 2.15. The van der Waals surface area contributed by atoms with Crippen molar-refractivity contribution in [2.75, 3.05) is 0 Å². The molecule has 1 amide bonds. The van der Waals surface area contributed by atoms with Crippen molar-refractivity contribution in [2.24, 2.45) is 5.41 Å². The van der Waals surface area contributed by atoms with Crippen molar-refractivity contribution in [3.63, 3.8) is 0 Å². The summed E-state index contributed by atoms with van der Waals surface area (Å²) in [6.07, 6.45) is 1.66. The van der Waals surface area contributed by atoms with Crippen LogP contribution >= 0.6 is 11.6 Å². The van der Waals surface area contributed by atoms with E-state index in [9.17, 15) is 4.79 Å². The van der Waals surface area contributed by atoms with Crippen LogP contribution in [-0.2, 0) is 11.3 Å². The van der Waals surface area contributed by atoms with Gasteiger partial charge in [-0.25, -0.2) is 4.98 Å². The van der Waals surface area contributed by atoms with Crippen LogP contribution in [0.1, 0.15) is 26.3 Å². The number of halogens is 1. The summed E-state index contributed by atoms with van der Waals surface area (Å²) in [6, 6.07) is 3.55. The van der Waals surface area contributed by atoms with Crippen molar-refractivity contribution in [2.45, 2.75) is 27.3 Å². The molecular weight excluding hydrogens is 212 g/mol. The minimum absolute atomic E-state index is 0.0254. The molecule has 0 atom stereocenters. The fraction of sp³-hybridized carbons (Fsp3) is 0.455. The highest BCUT2D eigenvalue weighted by atomic mass is 35.5.